The molecule has 2 heterocycles. The molecule has 1 saturated heterocycles. The van der Waals surface area contributed by atoms with Crippen LogP contribution in [-0.2, 0) is 9.59 Å². The average Bonchev–Trinajstić information content (AvgIpc) is 3.54. The predicted molar refractivity (Wildman–Crippen MR) is 115 cm³/mol. The first-order chi connectivity index (χ1) is 14.7. The number of likely N-dealkylation sites (tertiary alicyclic amines) is 1. The number of aromatic amines is 1. The van der Waals surface area contributed by atoms with Gasteiger partial charge in [-0.05, 0) is 48.9 Å². The van der Waals surface area contributed by atoms with E-state index in [9.17, 15) is 9.59 Å². The van der Waals surface area contributed by atoms with E-state index in [1.54, 1.807) is 6.33 Å². The van der Waals surface area contributed by atoms with Gasteiger partial charge in [-0.25, -0.2) is 4.98 Å². The summed E-state index contributed by atoms with van der Waals surface area (Å²) < 4.78 is 0. The molecule has 6 nitrogen and oxygen atoms in total. The van der Waals surface area contributed by atoms with E-state index in [4.69, 9.17) is 0 Å². The maximum Gasteiger partial charge on any atom is 0.225 e. The number of fused-ring (bicyclic) bond motifs is 1. The van der Waals surface area contributed by atoms with Crippen molar-refractivity contribution < 1.29 is 9.59 Å². The minimum absolute atomic E-state index is 0.0599. The second kappa shape index (κ2) is 7.94. The Morgan fingerprint density at radius 3 is 2.47 bits per heavy atom. The highest BCUT2D eigenvalue weighted by atomic mass is 16.2. The number of rotatable bonds is 5. The molecule has 154 valence electrons. The zero-order chi connectivity index (χ0) is 20.5. The molecule has 0 spiro atoms. The summed E-state index contributed by atoms with van der Waals surface area (Å²) >= 11 is 0. The first-order valence-electron chi connectivity index (χ1n) is 10.8. The first kappa shape index (κ1) is 18.9. The summed E-state index contributed by atoms with van der Waals surface area (Å²) in [7, 11) is 0. The first-order valence-corrected chi connectivity index (χ1v) is 10.8. The molecule has 1 aromatic heterocycles. The standard InChI is InChI=1S/C24H26N4O2/c29-23(17-10-12-28(13-11-17)24(30)18-6-7-18)27-22(16-4-2-1-3-5-16)19-8-9-20-21(14-19)26-15-25-20/h1-5,8-9,14-15,17-18,22H,6-7,10-13H2,(H,25,26)(H,27,29)/t22-/m1/s1. The van der Waals surface area contributed by atoms with Gasteiger partial charge in [0.2, 0.25) is 11.8 Å². The summed E-state index contributed by atoms with van der Waals surface area (Å²) in [6, 6.07) is 15.9. The number of carbonyl (C=O) groups excluding carboxylic acids is 2. The number of H-pyrrole nitrogens is 1. The third-order valence-corrected chi connectivity index (χ3v) is 6.30. The molecule has 1 aliphatic carbocycles. The van der Waals surface area contributed by atoms with Gasteiger partial charge in [0.1, 0.15) is 0 Å². The van der Waals surface area contributed by atoms with Crippen molar-refractivity contribution in [3.63, 3.8) is 0 Å². The Labute approximate surface area is 175 Å². The van der Waals surface area contributed by atoms with Gasteiger partial charge >= 0.3 is 0 Å². The summed E-state index contributed by atoms with van der Waals surface area (Å²) in [4.78, 5) is 34.8. The largest absolute Gasteiger partial charge is 0.345 e. The normalized spacial score (nSPS) is 18.3. The van der Waals surface area contributed by atoms with E-state index >= 15 is 0 Å². The van der Waals surface area contributed by atoms with Crippen LogP contribution in [0, 0.1) is 11.8 Å². The Kier molecular flexibility index (Phi) is 4.99. The molecular weight excluding hydrogens is 376 g/mol. The number of piperidine rings is 1. The van der Waals surface area contributed by atoms with Crippen molar-refractivity contribution in [2.45, 2.75) is 31.7 Å². The van der Waals surface area contributed by atoms with Crippen LogP contribution in [0.25, 0.3) is 11.0 Å². The van der Waals surface area contributed by atoms with Crippen molar-refractivity contribution in [3.05, 3.63) is 66.0 Å². The Bertz CT molecular complexity index is 1050. The number of benzene rings is 2. The number of nitrogens with one attached hydrogen (secondary N) is 2. The van der Waals surface area contributed by atoms with Crippen LogP contribution in [0.2, 0.25) is 0 Å². The molecule has 5 rings (SSSR count). The van der Waals surface area contributed by atoms with Crippen molar-refractivity contribution in [2.75, 3.05) is 13.1 Å². The molecular formula is C24H26N4O2. The van der Waals surface area contributed by atoms with E-state index in [0.717, 1.165) is 47.8 Å². The fourth-order valence-electron chi connectivity index (χ4n) is 4.35. The highest BCUT2D eigenvalue weighted by molar-refractivity contribution is 5.83. The molecule has 2 fully saturated rings. The van der Waals surface area contributed by atoms with Gasteiger partial charge in [0, 0.05) is 24.9 Å². The van der Waals surface area contributed by atoms with Crippen LogP contribution < -0.4 is 5.32 Å². The van der Waals surface area contributed by atoms with Gasteiger partial charge in [-0.15, -0.1) is 0 Å². The van der Waals surface area contributed by atoms with Crippen molar-refractivity contribution in [1.29, 1.82) is 0 Å². The van der Waals surface area contributed by atoms with Crippen LogP contribution in [0.4, 0.5) is 0 Å². The summed E-state index contributed by atoms with van der Waals surface area (Å²) in [6.45, 7) is 1.37. The minimum Gasteiger partial charge on any atom is -0.345 e. The van der Waals surface area contributed by atoms with Gasteiger partial charge in [0.25, 0.3) is 0 Å². The summed E-state index contributed by atoms with van der Waals surface area (Å²) in [5, 5.41) is 3.28. The smallest absolute Gasteiger partial charge is 0.225 e. The van der Waals surface area contributed by atoms with E-state index in [-0.39, 0.29) is 29.7 Å². The van der Waals surface area contributed by atoms with E-state index in [1.807, 2.05) is 47.4 Å². The van der Waals surface area contributed by atoms with E-state index < -0.39 is 0 Å². The lowest BCUT2D eigenvalue weighted by Crippen LogP contribution is -2.44. The van der Waals surface area contributed by atoms with Crippen LogP contribution in [0.1, 0.15) is 42.9 Å². The molecule has 2 aromatic carbocycles. The van der Waals surface area contributed by atoms with Gasteiger partial charge in [-0.3, -0.25) is 9.59 Å². The molecule has 2 amide bonds. The number of nitrogens with zero attached hydrogens (tertiary/aromatic N) is 2. The maximum atomic E-state index is 13.2. The maximum absolute atomic E-state index is 13.2. The van der Waals surface area contributed by atoms with Crippen LogP contribution in [-0.4, -0.2) is 39.8 Å². The molecule has 1 atom stereocenters. The van der Waals surface area contributed by atoms with Crippen molar-refractivity contribution in [1.82, 2.24) is 20.2 Å². The highest BCUT2D eigenvalue weighted by Crippen LogP contribution is 2.33. The zero-order valence-electron chi connectivity index (χ0n) is 16.9. The van der Waals surface area contributed by atoms with Gasteiger partial charge in [-0.1, -0.05) is 36.4 Å². The van der Waals surface area contributed by atoms with Crippen molar-refractivity contribution in [2.24, 2.45) is 11.8 Å². The average molecular weight is 402 g/mol. The van der Waals surface area contributed by atoms with E-state index in [2.05, 4.69) is 21.4 Å². The molecule has 2 N–H and O–H groups in total. The topological polar surface area (TPSA) is 78.1 Å². The van der Waals surface area contributed by atoms with Crippen LogP contribution in [0.5, 0.6) is 0 Å². The SMILES string of the molecule is O=C(N[C@H](c1ccccc1)c1ccc2nc[nH]c2c1)C1CCN(C(=O)C2CC2)CC1. The Hall–Kier alpha value is -3.15. The number of carbonyl (C=O) groups is 2. The van der Waals surface area contributed by atoms with Crippen LogP contribution in [0.3, 0.4) is 0 Å². The third-order valence-electron chi connectivity index (χ3n) is 6.30. The number of imidazole rings is 1. The van der Waals surface area contributed by atoms with Gasteiger partial charge in [-0.2, -0.15) is 0 Å². The summed E-state index contributed by atoms with van der Waals surface area (Å²) in [5.74, 6) is 0.529. The van der Waals surface area contributed by atoms with Gasteiger partial charge in [0.15, 0.2) is 0 Å². The molecule has 1 saturated carbocycles. The quantitative estimate of drug-likeness (QED) is 0.686. The predicted octanol–water partition coefficient (Wildman–Crippen LogP) is 3.42. The Morgan fingerprint density at radius 1 is 0.967 bits per heavy atom. The van der Waals surface area contributed by atoms with E-state index in [0.29, 0.717) is 13.1 Å². The van der Waals surface area contributed by atoms with Gasteiger partial charge in [0.05, 0.1) is 23.4 Å². The number of hydrogen-bond acceptors (Lipinski definition) is 3. The van der Waals surface area contributed by atoms with Crippen molar-refractivity contribution in [3.8, 4) is 0 Å². The molecule has 2 aliphatic rings. The fourth-order valence-corrected chi connectivity index (χ4v) is 4.35. The molecule has 6 heteroatoms. The molecule has 0 bridgehead atoms. The lowest BCUT2D eigenvalue weighted by atomic mass is 9.93. The molecule has 0 radical (unpaired) electrons. The molecule has 30 heavy (non-hydrogen) atoms. The second-order valence-corrected chi connectivity index (χ2v) is 8.41. The summed E-state index contributed by atoms with van der Waals surface area (Å²) in [6.07, 6.45) is 5.19. The number of amides is 2. The molecule has 3 aromatic rings. The van der Waals surface area contributed by atoms with Gasteiger partial charge < -0.3 is 15.2 Å². The monoisotopic (exact) mass is 402 g/mol. The lowest BCUT2D eigenvalue weighted by Gasteiger charge is -2.32. The highest BCUT2D eigenvalue weighted by Gasteiger charge is 2.36. The Morgan fingerprint density at radius 2 is 1.73 bits per heavy atom. The fraction of sp³-hybridized carbons (Fsp3) is 0.375. The van der Waals surface area contributed by atoms with Crippen LogP contribution in [0.15, 0.2) is 54.9 Å². The van der Waals surface area contributed by atoms with Crippen LogP contribution >= 0.6 is 0 Å². The molecule has 0 unspecified atom stereocenters. The zero-order valence-corrected chi connectivity index (χ0v) is 16.9. The third kappa shape index (κ3) is 3.82. The second-order valence-electron chi connectivity index (χ2n) is 8.41. The van der Waals surface area contributed by atoms with E-state index in [1.165, 1.54) is 0 Å². The molecule has 1 aliphatic heterocycles. The Balaban J connectivity index is 1.32. The lowest BCUT2D eigenvalue weighted by molar-refractivity contribution is -0.136. The number of aromatic nitrogens is 2. The minimum atomic E-state index is -0.225. The van der Waals surface area contributed by atoms with Crippen molar-refractivity contribution >= 4 is 22.8 Å². The number of hydrogen-bond donors (Lipinski definition) is 2. The summed E-state index contributed by atoms with van der Waals surface area (Å²) in [5.41, 5.74) is 3.93.